The van der Waals surface area contributed by atoms with Gasteiger partial charge in [0.1, 0.15) is 37.0 Å². The molecule has 0 radical (unpaired) electrons. The van der Waals surface area contributed by atoms with Crippen molar-refractivity contribution >= 4 is 59.7 Å². The molecule has 1 unspecified atom stereocenters. The summed E-state index contributed by atoms with van der Waals surface area (Å²) in [5, 5.41) is 13.2. The van der Waals surface area contributed by atoms with Crippen molar-refractivity contribution in [3.63, 3.8) is 0 Å². The van der Waals surface area contributed by atoms with Crippen LogP contribution in [0.25, 0.3) is 0 Å². The highest BCUT2D eigenvalue weighted by Crippen LogP contribution is 2.71. The number of rotatable bonds is 17. The van der Waals surface area contributed by atoms with Crippen molar-refractivity contribution in [3.05, 3.63) is 102 Å². The maximum atomic E-state index is 14.7. The molecule has 13 nitrogen and oxygen atoms in total. The minimum atomic E-state index is -1.87. The topological polar surface area (TPSA) is 178 Å². The van der Waals surface area contributed by atoms with Gasteiger partial charge in [0.15, 0.2) is 10.7 Å². The molecule has 0 heterocycles. The Bertz CT molecular complexity index is 2280. The van der Waals surface area contributed by atoms with Crippen LogP contribution < -0.4 is 4.74 Å². The summed E-state index contributed by atoms with van der Waals surface area (Å²) in [5.41, 5.74) is -4.55. The Hall–Kier alpha value is -5.12. The smallest absolute Gasteiger partial charge is 0.330 e. The third-order valence-corrected chi connectivity index (χ3v) is 17.0. The first-order valence-corrected chi connectivity index (χ1v) is 24.3. The van der Waals surface area contributed by atoms with Crippen molar-refractivity contribution in [2.75, 3.05) is 13.7 Å². The standard InChI is InChI=1S/C52H62O13S2/c1-31-28-43(63-34(4)55)50(8)41(52(31,59)27-24-37-18-16-17-23-40(37)60-9)25-26-49(7)42(29-53)51(32(2)62-33(3)54,46(65-36(6)57)44(45(49)50)64-35(5)56)30-61-47(58)48(66-38-19-12-10-13-20-38)67-39-21-14-11-15-22-39/h10-23,28-29,32,41-46,48,59H,24-27,30H2,1-9H3/t32?,41-,42+,43-,44+,45+,46+,49+,50-,51-,52+/m1/s1. The van der Waals surface area contributed by atoms with Crippen LogP contribution in [0.4, 0.5) is 0 Å². The summed E-state index contributed by atoms with van der Waals surface area (Å²) >= 11 is 2.53. The van der Waals surface area contributed by atoms with Gasteiger partial charge in [-0.1, -0.05) is 92.0 Å². The molecule has 6 rings (SSSR count). The summed E-state index contributed by atoms with van der Waals surface area (Å²) in [6.07, 6.45) is -1.79. The Balaban J connectivity index is 1.53. The van der Waals surface area contributed by atoms with Crippen molar-refractivity contribution in [3.8, 4) is 5.75 Å². The lowest BCUT2D eigenvalue weighted by molar-refractivity contribution is -0.304. The molecule has 3 aromatic carbocycles. The van der Waals surface area contributed by atoms with E-state index >= 15 is 0 Å². The molecule has 0 spiro atoms. The molecule has 2 fully saturated rings. The van der Waals surface area contributed by atoms with E-state index in [1.807, 2.05) is 98.8 Å². The van der Waals surface area contributed by atoms with E-state index < -0.39 is 105 Å². The number of ether oxygens (including phenoxy) is 6. The fraction of sp³-hybridized carbons (Fsp3) is 0.500. The van der Waals surface area contributed by atoms with E-state index in [0.29, 0.717) is 17.7 Å². The van der Waals surface area contributed by atoms with Crippen LogP contribution in [0.3, 0.4) is 0 Å². The molecule has 0 amide bonds. The summed E-state index contributed by atoms with van der Waals surface area (Å²) < 4.78 is 36.0. The fourth-order valence-corrected chi connectivity index (χ4v) is 14.1. The first kappa shape index (κ1) is 51.3. The molecule has 67 heavy (non-hydrogen) atoms. The molecule has 0 saturated heterocycles. The number of aryl methyl sites for hydroxylation is 1. The molecular weight excluding hydrogens is 897 g/mol. The Kier molecular flexibility index (Phi) is 16.1. The number of fused-ring (bicyclic) bond motifs is 3. The fourth-order valence-electron chi connectivity index (χ4n) is 11.8. The minimum Gasteiger partial charge on any atom is -0.496 e. The Morgan fingerprint density at radius 3 is 1.91 bits per heavy atom. The molecule has 1 N–H and O–H groups in total. The van der Waals surface area contributed by atoms with Crippen LogP contribution in [-0.4, -0.2) is 89.6 Å². The molecular formula is C52H62O13S2. The van der Waals surface area contributed by atoms with Crippen molar-refractivity contribution in [1.29, 1.82) is 0 Å². The molecule has 0 bridgehead atoms. The lowest BCUT2D eigenvalue weighted by atomic mass is 9.36. The van der Waals surface area contributed by atoms with Crippen molar-refractivity contribution < 1.29 is 62.3 Å². The molecule has 3 aromatic rings. The van der Waals surface area contributed by atoms with Crippen molar-refractivity contribution in [1.82, 2.24) is 0 Å². The van der Waals surface area contributed by atoms with Gasteiger partial charge in [-0.3, -0.25) is 19.2 Å². The SMILES string of the molecule is COc1ccccc1CC[C@]1(O)C(C)=C[C@@H](OC(C)=O)[C@@]2(C)[C@H]1CC[C@@]1(C)[C@H](C=O)[C@@](COC(=O)C(Sc3ccccc3)Sc3ccccc3)(C(C)OC(C)=O)[C@@H](OC(C)=O)[C@@H](OC(C)=O)[C@@H]12. The van der Waals surface area contributed by atoms with E-state index in [0.717, 1.165) is 21.6 Å². The summed E-state index contributed by atoms with van der Waals surface area (Å²) in [4.78, 5) is 83.9. The van der Waals surface area contributed by atoms with E-state index in [1.54, 1.807) is 27.0 Å². The highest BCUT2D eigenvalue weighted by molar-refractivity contribution is 8.18. The lowest BCUT2D eigenvalue weighted by Gasteiger charge is -2.70. The highest BCUT2D eigenvalue weighted by atomic mass is 32.2. The summed E-state index contributed by atoms with van der Waals surface area (Å²) in [6.45, 7) is 11.3. The summed E-state index contributed by atoms with van der Waals surface area (Å²) in [7, 11) is 1.58. The number of carbonyl (C=O) groups excluding carboxylic acids is 6. The Morgan fingerprint density at radius 1 is 0.806 bits per heavy atom. The van der Waals surface area contributed by atoms with Gasteiger partial charge in [-0.25, -0.2) is 4.79 Å². The maximum absolute atomic E-state index is 14.7. The van der Waals surface area contributed by atoms with E-state index in [2.05, 4.69) is 0 Å². The highest BCUT2D eigenvalue weighted by Gasteiger charge is 2.77. The molecule has 3 aliphatic carbocycles. The predicted octanol–water partition coefficient (Wildman–Crippen LogP) is 8.37. The van der Waals surface area contributed by atoms with E-state index in [9.17, 15) is 33.9 Å². The van der Waals surface area contributed by atoms with Gasteiger partial charge in [0.05, 0.1) is 18.1 Å². The maximum Gasteiger partial charge on any atom is 0.330 e. The molecule has 11 atom stereocenters. The zero-order chi connectivity index (χ0) is 48.9. The van der Waals surface area contributed by atoms with Crippen LogP contribution in [0.2, 0.25) is 0 Å². The lowest BCUT2D eigenvalue weighted by Crippen LogP contribution is -2.77. The average molecular weight is 959 g/mol. The molecule has 3 aliphatic rings. The second kappa shape index (κ2) is 21.0. The number of aliphatic hydroxyl groups is 1. The quantitative estimate of drug-likeness (QED) is 0.0341. The first-order chi connectivity index (χ1) is 31.8. The zero-order valence-corrected chi connectivity index (χ0v) is 41.2. The number of carbonyl (C=O) groups is 6. The van der Waals surface area contributed by atoms with E-state index in [4.69, 9.17) is 28.4 Å². The van der Waals surface area contributed by atoms with Crippen LogP contribution in [0.1, 0.15) is 80.2 Å². The zero-order valence-electron chi connectivity index (χ0n) is 39.6. The van der Waals surface area contributed by atoms with E-state index in [-0.39, 0.29) is 19.3 Å². The molecule has 360 valence electrons. The van der Waals surface area contributed by atoms with Crippen LogP contribution in [-0.2, 0) is 58.9 Å². The van der Waals surface area contributed by atoms with Gasteiger partial charge in [-0.05, 0) is 92.5 Å². The Labute approximate surface area is 401 Å². The number of para-hydroxylation sites is 1. The number of hydrogen-bond donors (Lipinski definition) is 1. The van der Waals surface area contributed by atoms with Gasteiger partial charge in [-0.15, -0.1) is 0 Å². The predicted molar refractivity (Wildman–Crippen MR) is 252 cm³/mol. The van der Waals surface area contributed by atoms with Gasteiger partial charge < -0.3 is 38.3 Å². The summed E-state index contributed by atoms with van der Waals surface area (Å²) in [5.74, 6) is -5.86. The van der Waals surface area contributed by atoms with Crippen LogP contribution in [0.15, 0.2) is 106 Å². The van der Waals surface area contributed by atoms with Gasteiger partial charge >= 0.3 is 29.8 Å². The van der Waals surface area contributed by atoms with Gasteiger partial charge in [-0.2, -0.15) is 0 Å². The third kappa shape index (κ3) is 10.2. The number of aldehydes is 1. The number of esters is 5. The second-order valence-electron chi connectivity index (χ2n) is 18.4. The normalized spacial score (nSPS) is 30.3. The summed E-state index contributed by atoms with van der Waals surface area (Å²) in [6, 6.07) is 26.1. The second-order valence-corrected chi connectivity index (χ2v) is 21.1. The van der Waals surface area contributed by atoms with Gasteiger partial charge in [0, 0.05) is 60.7 Å². The number of benzene rings is 3. The third-order valence-electron chi connectivity index (χ3n) is 14.5. The van der Waals surface area contributed by atoms with Gasteiger partial charge in [0.25, 0.3) is 0 Å². The number of hydrogen-bond acceptors (Lipinski definition) is 15. The van der Waals surface area contributed by atoms with Crippen molar-refractivity contribution in [2.24, 2.45) is 34.0 Å². The average Bonchev–Trinajstić information content (AvgIpc) is 3.27. The van der Waals surface area contributed by atoms with Gasteiger partial charge in [0.2, 0.25) is 0 Å². The Morgan fingerprint density at radius 2 is 1.37 bits per heavy atom. The molecule has 0 aliphatic heterocycles. The molecule has 2 saturated carbocycles. The van der Waals surface area contributed by atoms with Crippen LogP contribution in [0.5, 0.6) is 5.75 Å². The number of methoxy groups -OCH3 is 1. The van der Waals surface area contributed by atoms with Crippen LogP contribution in [0, 0.1) is 34.0 Å². The molecule has 15 heteroatoms. The van der Waals surface area contributed by atoms with Crippen molar-refractivity contribution in [2.45, 2.75) is 125 Å². The van der Waals surface area contributed by atoms with Crippen LogP contribution >= 0.6 is 23.5 Å². The number of thioether (sulfide) groups is 2. The van der Waals surface area contributed by atoms with E-state index in [1.165, 1.54) is 51.2 Å². The first-order valence-electron chi connectivity index (χ1n) is 22.5. The minimum absolute atomic E-state index is 0.224. The largest absolute Gasteiger partial charge is 0.496 e. The molecule has 0 aromatic heterocycles. The monoisotopic (exact) mass is 958 g/mol.